The van der Waals surface area contributed by atoms with Crippen LogP contribution in [0.3, 0.4) is 0 Å². The van der Waals surface area contributed by atoms with Gasteiger partial charge in [-0.2, -0.15) is 13.2 Å². The predicted molar refractivity (Wildman–Crippen MR) is 88.3 cm³/mol. The van der Waals surface area contributed by atoms with Crippen molar-refractivity contribution in [2.45, 2.75) is 36.4 Å². The Hall–Kier alpha value is -2.06. The third-order valence-electron chi connectivity index (χ3n) is 4.25. The van der Waals surface area contributed by atoms with E-state index in [0.717, 1.165) is 42.2 Å². The first-order valence-corrected chi connectivity index (χ1v) is 9.23. The summed E-state index contributed by atoms with van der Waals surface area (Å²) in [7, 11) is -4.08. The van der Waals surface area contributed by atoms with Crippen LogP contribution in [0.2, 0.25) is 0 Å². The maximum absolute atomic E-state index is 12.8. The summed E-state index contributed by atoms with van der Waals surface area (Å²) in [6.45, 7) is 0. The molecule has 2 aromatic carbocycles. The number of nitrogens with two attached hydrogens (primary N) is 1. The van der Waals surface area contributed by atoms with Crippen LogP contribution in [-0.4, -0.2) is 8.42 Å². The molecule has 25 heavy (non-hydrogen) atoms. The lowest BCUT2D eigenvalue weighted by Crippen LogP contribution is -2.31. The summed E-state index contributed by atoms with van der Waals surface area (Å²) in [6.07, 6.45) is -2.45. The van der Waals surface area contributed by atoms with Crippen molar-refractivity contribution in [3.63, 3.8) is 0 Å². The molecule has 0 fully saturated rings. The number of fused-ring (bicyclic) bond motifs is 1. The molecule has 1 unspecified atom stereocenters. The third-order valence-corrected chi connectivity index (χ3v) is 5.72. The number of anilines is 1. The Balaban J connectivity index is 1.91. The van der Waals surface area contributed by atoms with Crippen LogP contribution in [0.5, 0.6) is 0 Å². The lowest BCUT2D eigenvalue weighted by atomic mass is 9.88. The normalized spacial score (nSPS) is 18.0. The van der Waals surface area contributed by atoms with Crippen LogP contribution in [0.4, 0.5) is 18.9 Å². The van der Waals surface area contributed by atoms with Gasteiger partial charge in [0.25, 0.3) is 0 Å². The molecule has 8 heteroatoms. The molecule has 0 amide bonds. The van der Waals surface area contributed by atoms with Gasteiger partial charge >= 0.3 is 6.18 Å². The van der Waals surface area contributed by atoms with Gasteiger partial charge in [-0.3, -0.25) is 0 Å². The zero-order valence-electron chi connectivity index (χ0n) is 13.2. The van der Waals surface area contributed by atoms with Gasteiger partial charge in [0.2, 0.25) is 10.0 Å². The maximum Gasteiger partial charge on any atom is 0.416 e. The number of nitrogens with one attached hydrogen (secondary N) is 1. The molecule has 2 aromatic rings. The van der Waals surface area contributed by atoms with Gasteiger partial charge in [0, 0.05) is 11.7 Å². The first-order chi connectivity index (χ1) is 11.7. The molecule has 3 N–H and O–H groups in total. The Labute approximate surface area is 143 Å². The third kappa shape index (κ3) is 3.80. The van der Waals surface area contributed by atoms with Gasteiger partial charge in [-0.05, 0) is 60.7 Å². The minimum atomic E-state index is -4.60. The molecule has 0 spiro atoms. The number of sulfonamides is 1. The second-order valence-electron chi connectivity index (χ2n) is 6.05. The molecule has 0 aliphatic heterocycles. The van der Waals surface area contributed by atoms with Crippen LogP contribution in [0, 0.1) is 0 Å². The zero-order chi connectivity index (χ0) is 18.2. The average molecular weight is 370 g/mol. The average Bonchev–Trinajstić information content (AvgIpc) is 2.54. The number of halogens is 3. The monoisotopic (exact) mass is 370 g/mol. The Morgan fingerprint density at radius 3 is 2.60 bits per heavy atom. The Bertz CT molecular complexity index is 895. The second-order valence-corrected chi connectivity index (χ2v) is 7.76. The van der Waals surface area contributed by atoms with Crippen LogP contribution >= 0.6 is 0 Å². The number of hydrogen-bond donors (Lipinski definition) is 2. The molecule has 3 rings (SSSR count). The van der Waals surface area contributed by atoms with E-state index in [2.05, 4.69) is 4.72 Å². The first kappa shape index (κ1) is 17.8. The van der Waals surface area contributed by atoms with Crippen molar-refractivity contribution in [3.05, 3.63) is 59.2 Å². The second kappa shape index (κ2) is 6.34. The maximum atomic E-state index is 12.8. The number of alkyl halides is 3. The number of nitrogen functional groups attached to an aromatic ring is 1. The molecule has 134 valence electrons. The molecule has 1 aliphatic rings. The van der Waals surface area contributed by atoms with Crippen molar-refractivity contribution in [1.29, 1.82) is 0 Å². The van der Waals surface area contributed by atoms with Gasteiger partial charge in [-0.15, -0.1) is 0 Å². The smallest absolute Gasteiger partial charge is 0.399 e. The van der Waals surface area contributed by atoms with E-state index in [0.29, 0.717) is 18.2 Å². The molecular weight excluding hydrogens is 353 g/mol. The predicted octanol–water partition coefficient (Wildman–Crippen LogP) is 3.64. The van der Waals surface area contributed by atoms with E-state index in [-0.39, 0.29) is 0 Å². The van der Waals surface area contributed by atoms with E-state index in [1.807, 2.05) is 0 Å². The zero-order valence-corrected chi connectivity index (χ0v) is 14.0. The summed E-state index contributed by atoms with van der Waals surface area (Å²) in [4.78, 5) is -0.398. The van der Waals surface area contributed by atoms with Gasteiger partial charge in [-0.25, -0.2) is 13.1 Å². The van der Waals surface area contributed by atoms with E-state index in [4.69, 9.17) is 5.73 Å². The Morgan fingerprint density at radius 2 is 1.88 bits per heavy atom. The fourth-order valence-electron chi connectivity index (χ4n) is 3.05. The van der Waals surface area contributed by atoms with Gasteiger partial charge in [0.15, 0.2) is 0 Å². The molecule has 0 aromatic heterocycles. The summed E-state index contributed by atoms with van der Waals surface area (Å²) >= 11 is 0. The van der Waals surface area contributed by atoms with Gasteiger partial charge in [0.05, 0.1) is 10.5 Å². The highest BCUT2D eigenvalue weighted by Gasteiger charge is 2.32. The quantitative estimate of drug-likeness (QED) is 0.810. The van der Waals surface area contributed by atoms with Crippen molar-refractivity contribution in [2.75, 3.05) is 5.73 Å². The van der Waals surface area contributed by atoms with E-state index in [1.54, 1.807) is 18.2 Å². The Morgan fingerprint density at radius 1 is 1.12 bits per heavy atom. The highest BCUT2D eigenvalue weighted by atomic mass is 32.2. The number of aryl methyl sites for hydroxylation is 1. The van der Waals surface area contributed by atoms with Crippen LogP contribution in [0.1, 0.15) is 35.6 Å². The van der Waals surface area contributed by atoms with E-state index < -0.39 is 32.7 Å². The molecule has 1 atom stereocenters. The molecule has 0 saturated carbocycles. The minimum absolute atomic E-state index is 0.398. The molecule has 0 heterocycles. The molecular formula is C17H17F3N2O2S. The summed E-state index contributed by atoms with van der Waals surface area (Å²) in [5.41, 5.74) is 7.14. The summed E-state index contributed by atoms with van der Waals surface area (Å²) in [5, 5.41) is 0. The molecule has 0 saturated heterocycles. The van der Waals surface area contributed by atoms with Crippen molar-refractivity contribution < 1.29 is 21.6 Å². The topological polar surface area (TPSA) is 72.2 Å². The van der Waals surface area contributed by atoms with E-state index >= 15 is 0 Å². The molecule has 1 aliphatic carbocycles. The number of rotatable bonds is 3. The largest absolute Gasteiger partial charge is 0.416 e. The van der Waals surface area contributed by atoms with Crippen molar-refractivity contribution in [2.24, 2.45) is 0 Å². The highest BCUT2D eigenvalue weighted by Crippen LogP contribution is 2.33. The lowest BCUT2D eigenvalue weighted by Gasteiger charge is -2.26. The fraction of sp³-hybridized carbons (Fsp3) is 0.294. The van der Waals surface area contributed by atoms with Gasteiger partial charge in [0.1, 0.15) is 0 Å². The number of benzene rings is 2. The van der Waals surface area contributed by atoms with Crippen molar-refractivity contribution >= 4 is 15.7 Å². The van der Waals surface area contributed by atoms with Gasteiger partial charge < -0.3 is 5.73 Å². The minimum Gasteiger partial charge on any atom is -0.399 e. The van der Waals surface area contributed by atoms with Crippen LogP contribution in [-0.2, 0) is 22.6 Å². The number of hydrogen-bond acceptors (Lipinski definition) is 3. The van der Waals surface area contributed by atoms with Crippen LogP contribution in [0.15, 0.2) is 47.4 Å². The SMILES string of the molecule is Nc1ccc2c(c1)CCCC2NS(=O)(=O)c1cccc(C(F)(F)F)c1. The van der Waals surface area contributed by atoms with Crippen molar-refractivity contribution in [3.8, 4) is 0 Å². The molecule has 4 nitrogen and oxygen atoms in total. The molecule has 0 radical (unpaired) electrons. The lowest BCUT2D eigenvalue weighted by molar-refractivity contribution is -0.137. The standard InChI is InChI=1S/C17H17F3N2O2S/c18-17(19,20)12-4-2-5-14(10-12)25(23,24)22-16-6-1-3-11-9-13(21)7-8-15(11)16/h2,4-5,7-10,16,22H,1,3,6,21H2. The Kier molecular flexibility index (Phi) is 4.51. The van der Waals surface area contributed by atoms with Crippen molar-refractivity contribution in [1.82, 2.24) is 4.72 Å². The van der Waals surface area contributed by atoms with Crippen LogP contribution < -0.4 is 10.5 Å². The van der Waals surface area contributed by atoms with Gasteiger partial charge in [-0.1, -0.05) is 12.1 Å². The summed E-state index contributed by atoms with van der Waals surface area (Å²) in [5.74, 6) is 0. The van der Waals surface area contributed by atoms with E-state index in [9.17, 15) is 21.6 Å². The first-order valence-electron chi connectivity index (χ1n) is 7.75. The van der Waals surface area contributed by atoms with Crippen LogP contribution in [0.25, 0.3) is 0 Å². The summed E-state index contributed by atoms with van der Waals surface area (Å²) < 4.78 is 66.1. The summed E-state index contributed by atoms with van der Waals surface area (Å²) in [6, 6.07) is 8.52. The fourth-order valence-corrected chi connectivity index (χ4v) is 4.35. The molecule has 0 bridgehead atoms. The van der Waals surface area contributed by atoms with E-state index in [1.165, 1.54) is 0 Å². The highest BCUT2D eigenvalue weighted by molar-refractivity contribution is 7.89.